The zero-order chi connectivity index (χ0) is 19.2. The molecule has 0 saturated heterocycles. The molecule has 0 aliphatic rings. The molecule has 0 atom stereocenters. The van der Waals surface area contributed by atoms with Gasteiger partial charge in [-0.3, -0.25) is 4.79 Å². The van der Waals surface area contributed by atoms with Crippen molar-refractivity contribution < 1.29 is 4.79 Å². The Bertz CT molecular complexity index is 960. The molecule has 2 aromatic carbocycles. The van der Waals surface area contributed by atoms with Crippen LogP contribution < -0.4 is 10.7 Å². The number of benzene rings is 2. The van der Waals surface area contributed by atoms with Crippen molar-refractivity contribution in [1.29, 1.82) is 0 Å². The first-order valence-corrected chi connectivity index (χ1v) is 8.59. The number of nitrogens with zero attached hydrogens (tertiary/aromatic N) is 3. The fourth-order valence-corrected chi connectivity index (χ4v) is 2.55. The van der Waals surface area contributed by atoms with Crippen LogP contribution in [-0.4, -0.2) is 22.1 Å². The van der Waals surface area contributed by atoms with Crippen LogP contribution in [0.25, 0.3) is 0 Å². The summed E-state index contributed by atoms with van der Waals surface area (Å²) in [5.41, 5.74) is 7.85. The molecule has 0 spiro atoms. The van der Waals surface area contributed by atoms with E-state index in [1.807, 2.05) is 75.4 Å². The monoisotopic (exact) mass is 359 g/mol. The molecule has 136 valence electrons. The molecule has 0 bridgehead atoms. The smallest absolute Gasteiger partial charge is 0.255 e. The van der Waals surface area contributed by atoms with Gasteiger partial charge < -0.3 is 5.32 Å². The van der Waals surface area contributed by atoms with E-state index in [4.69, 9.17) is 0 Å². The summed E-state index contributed by atoms with van der Waals surface area (Å²) >= 11 is 0. The number of nitrogens with one attached hydrogen (secondary N) is 2. The summed E-state index contributed by atoms with van der Waals surface area (Å²) in [6.45, 7) is 5.80. The lowest BCUT2D eigenvalue weighted by Crippen LogP contribution is -2.11. The quantitative estimate of drug-likeness (QED) is 0.531. The first kappa shape index (κ1) is 18.3. The molecule has 1 heterocycles. The molecular formula is C21H21N5O. The van der Waals surface area contributed by atoms with Crippen LogP contribution >= 0.6 is 0 Å². The van der Waals surface area contributed by atoms with Gasteiger partial charge in [0.1, 0.15) is 0 Å². The lowest BCUT2D eigenvalue weighted by atomic mass is 10.1. The molecule has 0 fully saturated rings. The Balaban J connectivity index is 1.66. The summed E-state index contributed by atoms with van der Waals surface area (Å²) in [5, 5.41) is 7.06. The van der Waals surface area contributed by atoms with Crippen LogP contribution in [0.15, 0.2) is 59.7 Å². The minimum absolute atomic E-state index is 0.147. The van der Waals surface area contributed by atoms with E-state index in [9.17, 15) is 4.79 Å². The number of hydrogen-bond donors (Lipinski definition) is 2. The Labute approximate surface area is 158 Å². The van der Waals surface area contributed by atoms with Crippen LogP contribution in [0.2, 0.25) is 0 Å². The predicted molar refractivity (Wildman–Crippen MR) is 108 cm³/mol. The summed E-state index contributed by atoms with van der Waals surface area (Å²) in [4.78, 5) is 20.9. The van der Waals surface area contributed by atoms with Gasteiger partial charge >= 0.3 is 0 Å². The maximum absolute atomic E-state index is 12.3. The van der Waals surface area contributed by atoms with Crippen LogP contribution in [0.5, 0.6) is 0 Å². The van der Waals surface area contributed by atoms with Crippen molar-refractivity contribution in [1.82, 2.24) is 9.97 Å². The number of amides is 1. The number of hydrogen-bond acceptors (Lipinski definition) is 5. The second-order valence-electron chi connectivity index (χ2n) is 6.29. The molecule has 2 N–H and O–H groups in total. The van der Waals surface area contributed by atoms with Crippen LogP contribution in [-0.2, 0) is 0 Å². The topological polar surface area (TPSA) is 79.3 Å². The average Bonchev–Trinajstić information content (AvgIpc) is 2.62. The van der Waals surface area contributed by atoms with Gasteiger partial charge in [0.25, 0.3) is 5.91 Å². The molecule has 3 rings (SSSR count). The minimum Gasteiger partial charge on any atom is -0.322 e. The van der Waals surface area contributed by atoms with Gasteiger partial charge in [0.15, 0.2) is 0 Å². The van der Waals surface area contributed by atoms with Crippen molar-refractivity contribution in [2.24, 2.45) is 5.10 Å². The number of aryl methyl sites for hydroxylation is 3. The largest absolute Gasteiger partial charge is 0.322 e. The van der Waals surface area contributed by atoms with E-state index >= 15 is 0 Å². The van der Waals surface area contributed by atoms with Gasteiger partial charge in [-0.15, -0.1) is 0 Å². The fourth-order valence-electron chi connectivity index (χ4n) is 2.55. The Morgan fingerprint density at radius 1 is 0.963 bits per heavy atom. The van der Waals surface area contributed by atoms with Crippen molar-refractivity contribution in [2.75, 3.05) is 10.7 Å². The number of hydrazone groups is 1. The minimum atomic E-state index is -0.147. The van der Waals surface area contributed by atoms with Crippen LogP contribution in [0, 0.1) is 20.8 Å². The van der Waals surface area contributed by atoms with E-state index in [0.717, 1.165) is 22.5 Å². The highest BCUT2D eigenvalue weighted by molar-refractivity contribution is 6.04. The highest BCUT2D eigenvalue weighted by Gasteiger charge is 2.05. The lowest BCUT2D eigenvalue weighted by molar-refractivity contribution is 0.102. The molecule has 0 unspecified atom stereocenters. The zero-order valence-corrected chi connectivity index (χ0v) is 15.5. The van der Waals surface area contributed by atoms with E-state index in [0.29, 0.717) is 17.2 Å². The third-order valence-corrected chi connectivity index (χ3v) is 3.82. The molecule has 0 aliphatic carbocycles. The second-order valence-corrected chi connectivity index (χ2v) is 6.29. The molecular weight excluding hydrogens is 338 g/mol. The maximum atomic E-state index is 12.3. The van der Waals surface area contributed by atoms with Crippen molar-refractivity contribution in [2.45, 2.75) is 20.8 Å². The molecule has 0 aliphatic heterocycles. The van der Waals surface area contributed by atoms with E-state index in [-0.39, 0.29) is 5.91 Å². The van der Waals surface area contributed by atoms with Gasteiger partial charge in [-0.05, 0) is 56.7 Å². The Kier molecular flexibility index (Phi) is 5.56. The summed E-state index contributed by atoms with van der Waals surface area (Å²) in [6, 6.07) is 16.8. The Hall–Kier alpha value is -3.54. The average molecular weight is 359 g/mol. The van der Waals surface area contributed by atoms with Crippen LogP contribution in [0.3, 0.4) is 0 Å². The Morgan fingerprint density at radius 2 is 1.67 bits per heavy atom. The van der Waals surface area contributed by atoms with E-state index < -0.39 is 0 Å². The van der Waals surface area contributed by atoms with E-state index in [1.165, 1.54) is 0 Å². The molecule has 1 amide bonds. The summed E-state index contributed by atoms with van der Waals surface area (Å²) in [5.74, 6) is 0.304. The molecule has 1 aromatic heterocycles. The standard InChI is InChI=1S/C21H21N5O/c1-14-7-9-18(10-8-14)20(27)25-19-6-4-5-17(12-19)13-22-26-21-23-15(2)11-16(3)24-21/h4-13H,1-3H3,(H,25,27)(H,23,24,26)/b22-13+. The van der Waals surface area contributed by atoms with Crippen molar-refractivity contribution in [3.8, 4) is 0 Å². The van der Waals surface area contributed by atoms with Gasteiger partial charge in [-0.1, -0.05) is 29.8 Å². The SMILES string of the molecule is Cc1ccc(C(=O)Nc2cccc(/C=N/Nc3nc(C)cc(C)n3)c2)cc1. The summed E-state index contributed by atoms with van der Waals surface area (Å²) < 4.78 is 0. The molecule has 6 nitrogen and oxygen atoms in total. The molecule has 0 saturated carbocycles. The van der Waals surface area contributed by atoms with E-state index in [1.54, 1.807) is 6.21 Å². The number of carbonyl (C=O) groups excluding carboxylic acids is 1. The lowest BCUT2D eigenvalue weighted by Gasteiger charge is -2.06. The third-order valence-electron chi connectivity index (χ3n) is 3.82. The zero-order valence-electron chi connectivity index (χ0n) is 15.5. The normalized spacial score (nSPS) is 10.8. The fraction of sp³-hybridized carbons (Fsp3) is 0.143. The number of rotatable bonds is 5. The number of anilines is 2. The summed E-state index contributed by atoms with van der Waals surface area (Å²) in [7, 11) is 0. The number of carbonyl (C=O) groups is 1. The van der Waals surface area contributed by atoms with Gasteiger partial charge in [-0.2, -0.15) is 5.10 Å². The Morgan fingerprint density at radius 3 is 2.37 bits per heavy atom. The van der Waals surface area contributed by atoms with Crippen LogP contribution in [0.1, 0.15) is 32.9 Å². The molecule has 27 heavy (non-hydrogen) atoms. The van der Waals surface area contributed by atoms with Gasteiger partial charge in [0.05, 0.1) is 6.21 Å². The highest BCUT2D eigenvalue weighted by atomic mass is 16.1. The highest BCUT2D eigenvalue weighted by Crippen LogP contribution is 2.12. The van der Waals surface area contributed by atoms with Crippen LogP contribution in [0.4, 0.5) is 11.6 Å². The second kappa shape index (κ2) is 8.23. The molecule has 0 radical (unpaired) electrons. The maximum Gasteiger partial charge on any atom is 0.255 e. The summed E-state index contributed by atoms with van der Waals surface area (Å²) in [6.07, 6.45) is 1.66. The van der Waals surface area contributed by atoms with Gasteiger partial charge in [0, 0.05) is 22.6 Å². The van der Waals surface area contributed by atoms with Crippen molar-refractivity contribution in [3.05, 3.63) is 82.7 Å². The first-order valence-electron chi connectivity index (χ1n) is 8.59. The van der Waals surface area contributed by atoms with Crippen molar-refractivity contribution >= 4 is 23.8 Å². The first-order chi connectivity index (χ1) is 13.0. The predicted octanol–water partition coefficient (Wildman–Crippen LogP) is 4.10. The van der Waals surface area contributed by atoms with E-state index in [2.05, 4.69) is 25.8 Å². The number of aromatic nitrogens is 2. The van der Waals surface area contributed by atoms with Crippen molar-refractivity contribution in [3.63, 3.8) is 0 Å². The third kappa shape index (κ3) is 5.22. The van der Waals surface area contributed by atoms with Gasteiger partial charge in [0.2, 0.25) is 5.95 Å². The van der Waals surface area contributed by atoms with Gasteiger partial charge in [-0.25, -0.2) is 15.4 Å². The molecule has 3 aromatic rings. The molecule has 6 heteroatoms.